The molecule has 0 unspecified atom stereocenters. The van der Waals surface area contributed by atoms with Crippen LogP contribution in [0, 0.1) is 5.92 Å². The first-order valence-electron chi connectivity index (χ1n) is 6.33. The van der Waals surface area contributed by atoms with Gasteiger partial charge in [0.1, 0.15) is 0 Å². The highest BCUT2D eigenvalue weighted by Gasteiger charge is 2.42. The average Bonchev–Trinajstić information content (AvgIpc) is 3.02. The highest BCUT2D eigenvalue weighted by Crippen LogP contribution is 2.35. The van der Waals surface area contributed by atoms with Crippen molar-refractivity contribution in [2.24, 2.45) is 5.92 Å². The second kappa shape index (κ2) is 4.04. The van der Waals surface area contributed by atoms with E-state index in [4.69, 9.17) is 9.47 Å². The van der Waals surface area contributed by atoms with E-state index in [2.05, 4.69) is 5.32 Å². The van der Waals surface area contributed by atoms with Crippen molar-refractivity contribution < 1.29 is 9.47 Å². The monoisotopic (exact) mass is 211 g/mol. The highest BCUT2D eigenvalue weighted by molar-refractivity contribution is 4.94. The zero-order chi connectivity index (χ0) is 10.1. The van der Waals surface area contributed by atoms with E-state index >= 15 is 0 Å². The maximum absolute atomic E-state index is 5.96. The lowest BCUT2D eigenvalue weighted by Gasteiger charge is -2.32. The summed E-state index contributed by atoms with van der Waals surface area (Å²) in [7, 11) is 0. The van der Waals surface area contributed by atoms with Crippen molar-refractivity contribution in [3.63, 3.8) is 0 Å². The zero-order valence-electron chi connectivity index (χ0n) is 9.34. The third-order valence-electron chi connectivity index (χ3n) is 3.87. The van der Waals surface area contributed by atoms with Gasteiger partial charge in [0.05, 0.1) is 18.3 Å². The topological polar surface area (TPSA) is 30.5 Å². The molecule has 0 radical (unpaired) electrons. The summed E-state index contributed by atoms with van der Waals surface area (Å²) in [4.78, 5) is 0. The van der Waals surface area contributed by atoms with Gasteiger partial charge >= 0.3 is 0 Å². The number of hydrogen-bond donors (Lipinski definition) is 1. The fourth-order valence-electron chi connectivity index (χ4n) is 2.70. The Balaban J connectivity index is 1.47. The van der Waals surface area contributed by atoms with Crippen LogP contribution in [0.1, 0.15) is 32.1 Å². The van der Waals surface area contributed by atoms with Crippen molar-refractivity contribution in [3.8, 4) is 0 Å². The molecule has 2 atom stereocenters. The van der Waals surface area contributed by atoms with Crippen LogP contribution in [-0.4, -0.2) is 38.0 Å². The molecule has 1 spiro atoms. The highest BCUT2D eigenvalue weighted by atomic mass is 16.6. The fraction of sp³-hybridized carbons (Fsp3) is 1.00. The van der Waals surface area contributed by atoms with Gasteiger partial charge in [-0.3, -0.25) is 0 Å². The smallest absolute Gasteiger partial charge is 0.0836 e. The van der Waals surface area contributed by atoms with Gasteiger partial charge in [0.15, 0.2) is 0 Å². The van der Waals surface area contributed by atoms with Crippen molar-refractivity contribution in [2.45, 2.75) is 43.8 Å². The van der Waals surface area contributed by atoms with Gasteiger partial charge in [0.25, 0.3) is 0 Å². The third-order valence-corrected chi connectivity index (χ3v) is 3.87. The molecule has 86 valence electrons. The minimum Gasteiger partial charge on any atom is -0.375 e. The van der Waals surface area contributed by atoms with Gasteiger partial charge in [0.2, 0.25) is 0 Å². The predicted molar refractivity (Wildman–Crippen MR) is 57.9 cm³/mol. The quantitative estimate of drug-likeness (QED) is 0.764. The van der Waals surface area contributed by atoms with Crippen molar-refractivity contribution in [1.82, 2.24) is 5.32 Å². The Kier molecular flexibility index (Phi) is 2.71. The summed E-state index contributed by atoms with van der Waals surface area (Å²) in [5.41, 5.74) is 0.118. The summed E-state index contributed by atoms with van der Waals surface area (Å²) in [6.45, 7) is 3.96. The molecule has 1 N–H and O–H groups in total. The SMILES string of the molecule is C1CNC[C@]2(C1)C[C@@H](OCC1CC1)CO2. The molecule has 0 amide bonds. The van der Waals surface area contributed by atoms with Gasteiger partial charge in [-0.05, 0) is 38.1 Å². The molecule has 2 aliphatic heterocycles. The van der Waals surface area contributed by atoms with Gasteiger partial charge in [0, 0.05) is 19.6 Å². The number of rotatable bonds is 3. The summed E-state index contributed by atoms with van der Waals surface area (Å²) in [6.07, 6.45) is 6.68. The molecule has 0 aromatic carbocycles. The van der Waals surface area contributed by atoms with Crippen molar-refractivity contribution in [3.05, 3.63) is 0 Å². The average molecular weight is 211 g/mol. The first-order chi connectivity index (χ1) is 7.36. The summed E-state index contributed by atoms with van der Waals surface area (Å²) in [6, 6.07) is 0. The molecule has 3 rings (SSSR count). The van der Waals surface area contributed by atoms with Crippen LogP contribution in [0.25, 0.3) is 0 Å². The van der Waals surface area contributed by atoms with Crippen LogP contribution in [0.15, 0.2) is 0 Å². The Morgan fingerprint density at radius 2 is 2.33 bits per heavy atom. The summed E-state index contributed by atoms with van der Waals surface area (Å²) < 4.78 is 11.9. The second-order valence-electron chi connectivity index (χ2n) is 5.38. The van der Waals surface area contributed by atoms with Gasteiger partial charge < -0.3 is 14.8 Å². The Morgan fingerprint density at radius 1 is 1.40 bits per heavy atom. The van der Waals surface area contributed by atoms with Gasteiger partial charge in [-0.1, -0.05) is 0 Å². The van der Waals surface area contributed by atoms with E-state index in [1.165, 1.54) is 25.7 Å². The van der Waals surface area contributed by atoms with E-state index in [0.29, 0.717) is 6.10 Å². The molecule has 2 saturated heterocycles. The minimum atomic E-state index is 0.118. The third kappa shape index (κ3) is 2.35. The molecular weight excluding hydrogens is 190 g/mol. The summed E-state index contributed by atoms with van der Waals surface area (Å²) in [5.74, 6) is 0.867. The van der Waals surface area contributed by atoms with Crippen LogP contribution in [0.4, 0.5) is 0 Å². The number of piperidine rings is 1. The standard InChI is InChI=1S/C12H21NO2/c1-4-12(9-13-5-1)6-11(8-15-12)14-7-10-2-3-10/h10-11,13H,1-9H2/t11-,12+/m1/s1. The Morgan fingerprint density at radius 3 is 3.07 bits per heavy atom. The van der Waals surface area contributed by atoms with Gasteiger partial charge in [-0.25, -0.2) is 0 Å². The molecule has 3 nitrogen and oxygen atoms in total. The zero-order valence-corrected chi connectivity index (χ0v) is 9.34. The van der Waals surface area contributed by atoms with E-state index in [-0.39, 0.29) is 5.60 Å². The molecule has 15 heavy (non-hydrogen) atoms. The number of hydrogen-bond acceptors (Lipinski definition) is 3. The van der Waals surface area contributed by atoms with Crippen LogP contribution in [-0.2, 0) is 9.47 Å². The lowest BCUT2D eigenvalue weighted by molar-refractivity contribution is -0.0190. The van der Waals surface area contributed by atoms with Gasteiger partial charge in [-0.15, -0.1) is 0 Å². The normalized spacial score (nSPS) is 41.2. The fourth-order valence-corrected chi connectivity index (χ4v) is 2.70. The molecule has 1 aliphatic carbocycles. The van der Waals surface area contributed by atoms with Gasteiger partial charge in [-0.2, -0.15) is 0 Å². The lowest BCUT2D eigenvalue weighted by atomic mass is 9.90. The van der Waals surface area contributed by atoms with Crippen LogP contribution < -0.4 is 5.32 Å². The summed E-state index contributed by atoms with van der Waals surface area (Å²) >= 11 is 0. The first-order valence-corrected chi connectivity index (χ1v) is 6.33. The van der Waals surface area contributed by atoms with Crippen molar-refractivity contribution >= 4 is 0 Å². The van der Waals surface area contributed by atoms with Crippen LogP contribution in [0.2, 0.25) is 0 Å². The molecule has 0 bridgehead atoms. The Hall–Kier alpha value is -0.120. The maximum atomic E-state index is 5.96. The van der Waals surface area contributed by atoms with Crippen molar-refractivity contribution in [1.29, 1.82) is 0 Å². The molecule has 0 aromatic heterocycles. The maximum Gasteiger partial charge on any atom is 0.0836 e. The van der Waals surface area contributed by atoms with Crippen LogP contribution >= 0.6 is 0 Å². The number of ether oxygens (including phenoxy) is 2. The molecule has 3 fully saturated rings. The van der Waals surface area contributed by atoms with Crippen LogP contribution in [0.5, 0.6) is 0 Å². The first kappa shape index (κ1) is 10.1. The van der Waals surface area contributed by atoms with E-state index in [1.54, 1.807) is 0 Å². The minimum absolute atomic E-state index is 0.118. The predicted octanol–water partition coefficient (Wildman–Crippen LogP) is 1.32. The van der Waals surface area contributed by atoms with E-state index in [0.717, 1.165) is 38.6 Å². The van der Waals surface area contributed by atoms with Crippen LogP contribution in [0.3, 0.4) is 0 Å². The van der Waals surface area contributed by atoms with Crippen molar-refractivity contribution in [2.75, 3.05) is 26.3 Å². The molecule has 1 saturated carbocycles. The molecule has 3 aliphatic rings. The van der Waals surface area contributed by atoms with E-state index in [1.807, 2.05) is 0 Å². The molecule has 0 aromatic rings. The van der Waals surface area contributed by atoms with E-state index in [9.17, 15) is 0 Å². The Bertz CT molecular complexity index is 222. The number of nitrogens with one attached hydrogen (secondary N) is 1. The second-order valence-corrected chi connectivity index (χ2v) is 5.38. The molecular formula is C12H21NO2. The Labute approximate surface area is 91.5 Å². The molecule has 3 heteroatoms. The largest absolute Gasteiger partial charge is 0.375 e. The lowest BCUT2D eigenvalue weighted by Crippen LogP contribution is -2.45. The molecule has 2 heterocycles. The summed E-state index contributed by atoms with van der Waals surface area (Å²) in [5, 5.41) is 3.43. The van der Waals surface area contributed by atoms with E-state index < -0.39 is 0 Å².